The van der Waals surface area contributed by atoms with Crippen LogP contribution in [0, 0.1) is 13.8 Å². The van der Waals surface area contributed by atoms with Gasteiger partial charge in [-0.3, -0.25) is 4.79 Å². The lowest BCUT2D eigenvalue weighted by atomic mass is 10.1. The van der Waals surface area contributed by atoms with Crippen LogP contribution in [0.3, 0.4) is 0 Å². The highest BCUT2D eigenvalue weighted by atomic mass is 35.5. The summed E-state index contributed by atoms with van der Waals surface area (Å²) in [6.07, 6.45) is 1.43. The highest BCUT2D eigenvalue weighted by Crippen LogP contribution is 2.19. The van der Waals surface area contributed by atoms with Crippen LogP contribution in [0.4, 0.5) is 5.69 Å². The average Bonchev–Trinajstić information content (AvgIpc) is 2.24. The lowest BCUT2D eigenvalue weighted by molar-refractivity contribution is -0.116. The quantitative estimate of drug-likeness (QED) is 0.796. The topological polar surface area (TPSA) is 41.1 Å². The fraction of sp³-hybridized carbons (Fsp3) is 0.462. The van der Waals surface area contributed by atoms with E-state index >= 15 is 0 Å². The number of para-hydroxylation sites is 1. The molecule has 0 aliphatic carbocycles. The van der Waals surface area contributed by atoms with Crippen LogP contribution < -0.4 is 10.6 Å². The predicted molar refractivity (Wildman–Crippen MR) is 75.0 cm³/mol. The van der Waals surface area contributed by atoms with E-state index in [4.69, 9.17) is 0 Å². The fourth-order valence-corrected chi connectivity index (χ4v) is 1.64. The number of amides is 1. The summed E-state index contributed by atoms with van der Waals surface area (Å²) < 4.78 is 0. The molecule has 0 unspecified atom stereocenters. The van der Waals surface area contributed by atoms with E-state index in [-0.39, 0.29) is 18.3 Å². The molecule has 1 amide bonds. The maximum Gasteiger partial charge on any atom is 0.224 e. The maximum atomic E-state index is 11.7. The number of aryl methyl sites for hydroxylation is 2. The second-order valence-corrected chi connectivity index (χ2v) is 4.02. The first kappa shape index (κ1) is 15.9. The van der Waals surface area contributed by atoms with Gasteiger partial charge in [-0.2, -0.15) is 0 Å². The van der Waals surface area contributed by atoms with Crippen LogP contribution in [0.1, 0.15) is 24.0 Å². The van der Waals surface area contributed by atoms with Crippen molar-refractivity contribution < 1.29 is 4.79 Å². The Morgan fingerprint density at radius 3 is 2.35 bits per heavy atom. The Labute approximate surface area is 109 Å². The number of hydrogen-bond donors (Lipinski definition) is 2. The van der Waals surface area contributed by atoms with E-state index in [0.717, 1.165) is 29.8 Å². The molecule has 0 saturated heterocycles. The van der Waals surface area contributed by atoms with Crippen LogP contribution in [-0.4, -0.2) is 19.5 Å². The minimum atomic E-state index is 0. The van der Waals surface area contributed by atoms with Crippen molar-refractivity contribution in [2.75, 3.05) is 18.9 Å². The molecule has 96 valence electrons. The number of rotatable bonds is 5. The second kappa shape index (κ2) is 8.09. The molecule has 0 aromatic heterocycles. The highest BCUT2D eigenvalue weighted by Gasteiger charge is 2.06. The Hall–Kier alpha value is -1.06. The summed E-state index contributed by atoms with van der Waals surface area (Å²) in [4.78, 5) is 11.7. The van der Waals surface area contributed by atoms with Gasteiger partial charge in [-0.25, -0.2) is 0 Å². The van der Waals surface area contributed by atoms with Gasteiger partial charge >= 0.3 is 0 Å². The van der Waals surface area contributed by atoms with Gasteiger partial charge in [0, 0.05) is 12.1 Å². The van der Waals surface area contributed by atoms with Gasteiger partial charge in [0.1, 0.15) is 0 Å². The fourth-order valence-electron chi connectivity index (χ4n) is 1.64. The SMILES string of the molecule is CNCCCC(=O)Nc1c(C)cccc1C.Cl. The zero-order valence-electron chi connectivity index (χ0n) is 10.7. The van der Waals surface area contributed by atoms with Crippen LogP contribution in [0.5, 0.6) is 0 Å². The molecule has 0 atom stereocenters. The van der Waals surface area contributed by atoms with E-state index in [1.54, 1.807) is 0 Å². The largest absolute Gasteiger partial charge is 0.326 e. The molecule has 0 saturated carbocycles. The smallest absolute Gasteiger partial charge is 0.224 e. The third kappa shape index (κ3) is 5.20. The second-order valence-electron chi connectivity index (χ2n) is 4.02. The Balaban J connectivity index is 0.00000256. The van der Waals surface area contributed by atoms with Crippen molar-refractivity contribution in [1.29, 1.82) is 0 Å². The van der Waals surface area contributed by atoms with Crippen LogP contribution >= 0.6 is 12.4 Å². The van der Waals surface area contributed by atoms with Gasteiger partial charge in [-0.1, -0.05) is 18.2 Å². The summed E-state index contributed by atoms with van der Waals surface area (Å²) >= 11 is 0. The minimum Gasteiger partial charge on any atom is -0.326 e. The number of benzene rings is 1. The number of anilines is 1. The van der Waals surface area contributed by atoms with Crippen LogP contribution in [0.15, 0.2) is 18.2 Å². The van der Waals surface area contributed by atoms with E-state index in [1.807, 2.05) is 39.1 Å². The lowest BCUT2D eigenvalue weighted by Crippen LogP contribution is -2.16. The van der Waals surface area contributed by atoms with Crippen molar-refractivity contribution in [3.05, 3.63) is 29.3 Å². The standard InChI is InChI=1S/C13H20N2O.ClH/c1-10-6-4-7-11(2)13(10)15-12(16)8-5-9-14-3;/h4,6-7,14H,5,8-9H2,1-3H3,(H,15,16);1H. The van der Waals surface area contributed by atoms with E-state index in [9.17, 15) is 4.79 Å². The van der Waals surface area contributed by atoms with Crippen molar-refractivity contribution in [3.8, 4) is 0 Å². The third-order valence-electron chi connectivity index (χ3n) is 2.58. The Kier molecular flexibility index (Phi) is 7.59. The van der Waals surface area contributed by atoms with E-state index < -0.39 is 0 Å². The van der Waals surface area contributed by atoms with Gasteiger partial charge in [0.2, 0.25) is 5.91 Å². The number of nitrogens with one attached hydrogen (secondary N) is 2. The van der Waals surface area contributed by atoms with Crippen LogP contribution in [0.25, 0.3) is 0 Å². The monoisotopic (exact) mass is 256 g/mol. The maximum absolute atomic E-state index is 11.7. The zero-order chi connectivity index (χ0) is 12.0. The molecular formula is C13H21ClN2O. The van der Waals surface area contributed by atoms with Gasteiger partial charge in [-0.05, 0) is 45.0 Å². The van der Waals surface area contributed by atoms with Crippen molar-refractivity contribution in [2.45, 2.75) is 26.7 Å². The van der Waals surface area contributed by atoms with Crippen molar-refractivity contribution in [1.82, 2.24) is 5.32 Å². The van der Waals surface area contributed by atoms with Crippen molar-refractivity contribution in [3.63, 3.8) is 0 Å². The first-order valence-electron chi connectivity index (χ1n) is 5.66. The summed E-state index contributed by atoms with van der Waals surface area (Å²) in [5.74, 6) is 0.0904. The molecule has 0 heterocycles. The van der Waals surface area contributed by atoms with Gasteiger partial charge < -0.3 is 10.6 Å². The van der Waals surface area contributed by atoms with Crippen molar-refractivity contribution >= 4 is 24.0 Å². The summed E-state index contributed by atoms with van der Waals surface area (Å²) in [6.45, 7) is 4.90. The molecule has 0 aliphatic rings. The number of carbonyl (C=O) groups is 1. The van der Waals surface area contributed by atoms with Crippen LogP contribution in [-0.2, 0) is 4.79 Å². The van der Waals surface area contributed by atoms with E-state index in [2.05, 4.69) is 10.6 Å². The van der Waals surface area contributed by atoms with Gasteiger partial charge in [0.05, 0.1) is 0 Å². The van der Waals surface area contributed by atoms with Gasteiger partial charge in [-0.15, -0.1) is 12.4 Å². The van der Waals surface area contributed by atoms with Crippen molar-refractivity contribution in [2.24, 2.45) is 0 Å². The normalized spacial score (nSPS) is 9.59. The Morgan fingerprint density at radius 2 is 1.82 bits per heavy atom. The Bertz CT molecular complexity index is 346. The van der Waals surface area contributed by atoms with Gasteiger partial charge in [0.25, 0.3) is 0 Å². The molecule has 3 nitrogen and oxygen atoms in total. The molecule has 2 N–H and O–H groups in total. The van der Waals surface area contributed by atoms with E-state index in [0.29, 0.717) is 6.42 Å². The number of halogens is 1. The molecule has 1 rings (SSSR count). The summed E-state index contributed by atoms with van der Waals surface area (Å²) in [5, 5.41) is 6.00. The third-order valence-corrected chi connectivity index (χ3v) is 2.58. The average molecular weight is 257 g/mol. The zero-order valence-corrected chi connectivity index (χ0v) is 11.5. The number of carbonyl (C=O) groups excluding carboxylic acids is 1. The highest BCUT2D eigenvalue weighted by molar-refractivity contribution is 5.92. The Morgan fingerprint density at radius 1 is 1.24 bits per heavy atom. The predicted octanol–water partition coefficient (Wildman–Crippen LogP) is 2.66. The first-order valence-corrected chi connectivity index (χ1v) is 5.66. The van der Waals surface area contributed by atoms with E-state index in [1.165, 1.54) is 0 Å². The molecular weight excluding hydrogens is 236 g/mol. The lowest BCUT2D eigenvalue weighted by Gasteiger charge is -2.11. The summed E-state index contributed by atoms with van der Waals surface area (Å²) in [5.41, 5.74) is 3.18. The number of hydrogen-bond acceptors (Lipinski definition) is 2. The minimum absolute atomic E-state index is 0. The molecule has 0 spiro atoms. The molecule has 0 bridgehead atoms. The molecule has 1 aromatic carbocycles. The summed E-state index contributed by atoms with van der Waals surface area (Å²) in [7, 11) is 1.89. The summed E-state index contributed by atoms with van der Waals surface area (Å²) in [6, 6.07) is 6.02. The molecule has 0 fully saturated rings. The molecule has 0 radical (unpaired) electrons. The molecule has 4 heteroatoms. The molecule has 17 heavy (non-hydrogen) atoms. The molecule has 1 aromatic rings. The van der Waals surface area contributed by atoms with Gasteiger partial charge in [0.15, 0.2) is 0 Å². The van der Waals surface area contributed by atoms with Crippen LogP contribution in [0.2, 0.25) is 0 Å². The molecule has 0 aliphatic heterocycles. The first-order chi connectivity index (χ1) is 7.65.